The van der Waals surface area contributed by atoms with Crippen molar-refractivity contribution in [3.63, 3.8) is 0 Å². The molecule has 0 amide bonds. The zero-order valence-corrected chi connectivity index (χ0v) is 14.3. The van der Waals surface area contributed by atoms with E-state index in [1.165, 1.54) is 0 Å². The zero-order valence-electron chi connectivity index (χ0n) is 12.1. The van der Waals surface area contributed by atoms with Gasteiger partial charge in [0.25, 0.3) is 0 Å². The molecule has 0 aliphatic carbocycles. The maximum absolute atomic E-state index is 4.05. The van der Waals surface area contributed by atoms with Crippen LogP contribution in [0, 0.1) is 18.8 Å². The molecular weight excluding hydrogens is 349 g/mol. The lowest BCUT2D eigenvalue weighted by molar-refractivity contribution is 0.767. The minimum Gasteiger partial charge on any atom is -0.275 e. The summed E-state index contributed by atoms with van der Waals surface area (Å²) in [7, 11) is 1.88. The Hall–Kier alpha value is -1.35. The summed E-state index contributed by atoms with van der Waals surface area (Å²) in [6, 6.07) is 1.95. The van der Waals surface area contributed by atoms with E-state index >= 15 is 0 Å². The highest BCUT2D eigenvalue weighted by atomic mass is 127. The molecule has 0 radical (unpaired) electrons. The molecule has 0 bridgehead atoms. The average Bonchev–Trinajstić information content (AvgIpc) is 2.88. The average molecular weight is 369 g/mol. The molecule has 0 spiro atoms. The fourth-order valence-electron chi connectivity index (χ4n) is 1.22. The molecule has 0 atom stereocenters. The van der Waals surface area contributed by atoms with Crippen LogP contribution in [0.4, 0.5) is 0 Å². The first-order valence-corrected chi connectivity index (χ1v) is 8.20. The van der Waals surface area contributed by atoms with Crippen LogP contribution in [0.25, 0.3) is 0 Å². The monoisotopic (exact) mass is 369 g/mol. The fourth-order valence-corrected chi connectivity index (χ4v) is 1.22. The second kappa shape index (κ2) is 10.6. The van der Waals surface area contributed by atoms with Crippen LogP contribution >= 0.6 is 22.6 Å². The van der Waals surface area contributed by atoms with Crippen molar-refractivity contribution in [2.24, 2.45) is 7.05 Å². The Bertz CT molecular complexity index is 536. The van der Waals surface area contributed by atoms with E-state index in [-0.39, 0.29) is 0 Å². The van der Waals surface area contributed by atoms with E-state index in [1.54, 1.807) is 23.3 Å². The highest BCUT2D eigenvalue weighted by Crippen LogP contribution is 2.03. The summed E-state index contributed by atoms with van der Waals surface area (Å²) in [4.78, 5) is 6.01. The van der Waals surface area contributed by atoms with Gasteiger partial charge < -0.3 is 0 Å². The van der Waals surface area contributed by atoms with Crippen molar-refractivity contribution in [3.8, 4) is 11.8 Å². The third-order valence-corrected chi connectivity index (χ3v) is 2.09. The molecule has 2 heterocycles. The Morgan fingerprint density at radius 1 is 1.16 bits per heavy atom. The number of hydrogen-bond acceptors (Lipinski definition) is 2. The van der Waals surface area contributed by atoms with Crippen LogP contribution in [-0.2, 0) is 7.05 Å². The minimum absolute atomic E-state index is 0.917. The summed E-state index contributed by atoms with van der Waals surface area (Å²) in [6.45, 7) is 6.02. The van der Waals surface area contributed by atoms with Gasteiger partial charge in [-0.1, -0.05) is 48.3 Å². The Labute approximate surface area is 129 Å². The minimum atomic E-state index is 0.917. The van der Waals surface area contributed by atoms with Gasteiger partial charge in [0.2, 0.25) is 0 Å². The van der Waals surface area contributed by atoms with Gasteiger partial charge in [0, 0.05) is 31.2 Å². The first kappa shape index (κ1) is 17.6. The van der Waals surface area contributed by atoms with Gasteiger partial charge >= 0.3 is 0 Å². The lowest BCUT2D eigenvalue weighted by atomic mass is 10.1. The second-order valence-electron chi connectivity index (χ2n) is 3.34. The molecule has 2 aromatic rings. The largest absolute Gasteiger partial charge is 0.275 e. The Morgan fingerprint density at radius 3 is 2.37 bits per heavy atom. The number of halogens is 1. The van der Waals surface area contributed by atoms with Gasteiger partial charge in [-0.15, -0.1) is 0 Å². The fraction of sp³-hybridized carbons (Fsp3) is 0.333. The van der Waals surface area contributed by atoms with Gasteiger partial charge in [-0.25, -0.2) is 0 Å². The van der Waals surface area contributed by atoms with E-state index in [2.05, 4.69) is 44.5 Å². The predicted octanol–water partition coefficient (Wildman–Crippen LogP) is 3.60. The first-order chi connectivity index (χ1) is 9.25. The third kappa shape index (κ3) is 6.39. The van der Waals surface area contributed by atoms with Gasteiger partial charge in [0.15, 0.2) is 0 Å². The van der Waals surface area contributed by atoms with Crippen LogP contribution in [0.15, 0.2) is 30.9 Å². The SMILES string of the molecule is CC.CI.Cc1ccncc1C#Cc1cnn(C)c1. The van der Waals surface area contributed by atoms with Crippen molar-refractivity contribution in [2.45, 2.75) is 20.8 Å². The topological polar surface area (TPSA) is 30.7 Å². The highest BCUT2D eigenvalue weighted by Gasteiger charge is 1.93. The molecule has 0 aromatic carbocycles. The van der Waals surface area contributed by atoms with E-state index in [0.29, 0.717) is 0 Å². The number of rotatable bonds is 0. The molecule has 0 unspecified atom stereocenters. The van der Waals surface area contributed by atoms with Crippen molar-refractivity contribution < 1.29 is 0 Å². The second-order valence-corrected chi connectivity index (χ2v) is 3.34. The Morgan fingerprint density at radius 2 is 1.84 bits per heavy atom. The van der Waals surface area contributed by atoms with E-state index in [1.807, 2.05) is 45.0 Å². The molecule has 4 heteroatoms. The van der Waals surface area contributed by atoms with Crippen LogP contribution in [0.3, 0.4) is 0 Å². The Kier molecular flexibility index (Phi) is 9.81. The summed E-state index contributed by atoms with van der Waals surface area (Å²) < 4.78 is 1.74. The predicted molar refractivity (Wildman–Crippen MR) is 89.5 cm³/mol. The molecule has 0 saturated carbocycles. The Balaban J connectivity index is 0.000000741. The van der Waals surface area contributed by atoms with Gasteiger partial charge in [-0.3, -0.25) is 9.67 Å². The van der Waals surface area contributed by atoms with E-state index in [9.17, 15) is 0 Å². The third-order valence-electron chi connectivity index (χ3n) is 2.09. The molecule has 0 aliphatic rings. The van der Waals surface area contributed by atoms with Crippen LogP contribution in [0.1, 0.15) is 30.5 Å². The van der Waals surface area contributed by atoms with Crippen molar-refractivity contribution in [1.29, 1.82) is 0 Å². The molecule has 0 fully saturated rings. The summed E-state index contributed by atoms with van der Waals surface area (Å²) in [6.07, 6.45) is 7.18. The molecule has 3 nitrogen and oxygen atoms in total. The lowest BCUT2D eigenvalue weighted by Gasteiger charge is -1.93. The summed E-state index contributed by atoms with van der Waals surface area (Å²) in [5.41, 5.74) is 3.02. The molecule has 0 N–H and O–H groups in total. The number of aromatic nitrogens is 3. The van der Waals surface area contributed by atoms with E-state index in [4.69, 9.17) is 0 Å². The van der Waals surface area contributed by atoms with Crippen LogP contribution in [-0.4, -0.2) is 19.7 Å². The molecule has 2 aromatic heterocycles. The number of aryl methyl sites for hydroxylation is 2. The zero-order chi connectivity index (χ0) is 14.7. The molecule has 19 heavy (non-hydrogen) atoms. The summed E-state index contributed by atoms with van der Waals surface area (Å²) >= 11 is 2.15. The maximum Gasteiger partial charge on any atom is 0.0646 e. The lowest BCUT2D eigenvalue weighted by Crippen LogP contribution is -1.84. The quantitative estimate of drug-likeness (QED) is 0.404. The number of nitrogens with zero attached hydrogens (tertiary/aromatic N) is 3. The molecular formula is C15H20IN3. The van der Waals surface area contributed by atoms with Crippen molar-refractivity contribution in [3.05, 3.63) is 47.5 Å². The van der Waals surface area contributed by atoms with Crippen molar-refractivity contribution in [2.75, 3.05) is 4.93 Å². The number of hydrogen-bond donors (Lipinski definition) is 0. The van der Waals surface area contributed by atoms with Crippen LogP contribution in [0.5, 0.6) is 0 Å². The normalized spacial score (nSPS) is 8.11. The standard InChI is InChI=1S/C12H11N3.C2H6.CH3I/c1-10-5-6-13-8-12(10)4-3-11-7-14-15(2)9-11;2*1-2/h5-9H,1-2H3;1-2H3;1H3. The highest BCUT2D eigenvalue weighted by molar-refractivity contribution is 14.1. The van der Waals surface area contributed by atoms with E-state index < -0.39 is 0 Å². The molecule has 2 rings (SSSR count). The number of pyridine rings is 1. The van der Waals surface area contributed by atoms with Crippen LogP contribution in [0.2, 0.25) is 0 Å². The molecule has 102 valence electrons. The maximum atomic E-state index is 4.05. The number of alkyl halides is 1. The molecule has 0 aliphatic heterocycles. The molecule has 0 saturated heterocycles. The van der Waals surface area contributed by atoms with Gasteiger partial charge in [-0.2, -0.15) is 5.10 Å². The van der Waals surface area contributed by atoms with Crippen LogP contribution < -0.4 is 0 Å². The first-order valence-electron chi connectivity index (χ1n) is 6.05. The van der Waals surface area contributed by atoms with Gasteiger partial charge in [0.1, 0.15) is 0 Å². The summed E-state index contributed by atoms with van der Waals surface area (Å²) in [5, 5.41) is 4.05. The van der Waals surface area contributed by atoms with Gasteiger partial charge in [-0.05, 0) is 23.5 Å². The van der Waals surface area contributed by atoms with Gasteiger partial charge in [0.05, 0.1) is 11.8 Å². The van der Waals surface area contributed by atoms with Crippen molar-refractivity contribution in [1.82, 2.24) is 14.8 Å². The smallest absolute Gasteiger partial charge is 0.0646 e. The van der Waals surface area contributed by atoms with E-state index in [0.717, 1.165) is 16.7 Å². The van der Waals surface area contributed by atoms with Crippen molar-refractivity contribution >= 4 is 22.6 Å². The summed E-state index contributed by atoms with van der Waals surface area (Å²) in [5.74, 6) is 6.13.